The molecule has 4 nitrogen and oxygen atoms in total. The number of carbonyl (C=O) groups is 2. The molecule has 26 heavy (non-hydrogen) atoms. The first-order chi connectivity index (χ1) is 12.4. The van der Waals surface area contributed by atoms with Crippen LogP contribution in [0.2, 0.25) is 0 Å². The second kappa shape index (κ2) is 5.95. The number of rotatable bonds is 2. The zero-order valence-corrected chi connectivity index (χ0v) is 13.5. The lowest BCUT2D eigenvalue weighted by molar-refractivity contribution is -0.137. The maximum Gasteiger partial charge on any atom is 0.416 e. The van der Waals surface area contributed by atoms with E-state index in [0.717, 1.165) is 17.0 Å². The minimum Gasteiger partial charge on any atom is -0.379 e. The number of amides is 2. The quantitative estimate of drug-likeness (QED) is 0.770. The summed E-state index contributed by atoms with van der Waals surface area (Å²) < 4.78 is 44.4. The minimum absolute atomic E-state index is 0.104. The third-order valence-corrected chi connectivity index (χ3v) is 4.85. The molecule has 4 rings (SSSR count). The summed E-state index contributed by atoms with van der Waals surface area (Å²) in [4.78, 5) is 26.5. The summed E-state index contributed by atoms with van der Waals surface area (Å²) in [5.74, 6) is -1.37. The third kappa shape index (κ3) is 2.59. The lowest BCUT2D eigenvalue weighted by atomic mass is 9.92. The van der Waals surface area contributed by atoms with E-state index in [9.17, 15) is 22.8 Å². The summed E-state index contributed by atoms with van der Waals surface area (Å²) in [5, 5.41) is 0. The highest BCUT2D eigenvalue weighted by atomic mass is 19.4. The fraction of sp³-hybridized carbons (Fsp3) is 0.263. The molecule has 2 aromatic carbocycles. The Labute approximate surface area is 147 Å². The molecular formula is C19H14F3NO3. The van der Waals surface area contributed by atoms with Crippen LogP contribution < -0.4 is 0 Å². The second-order valence-electron chi connectivity index (χ2n) is 6.36. The number of carbonyl (C=O) groups excluding carboxylic acids is 2. The Morgan fingerprint density at radius 2 is 1.58 bits per heavy atom. The Kier molecular flexibility index (Phi) is 3.84. The Bertz CT molecular complexity index is 859. The molecule has 0 aliphatic carbocycles. The number of hydrogen-bond acceptors (Lipinski definition) is 3. The van der Waals surface area contributed by atoms with Crippen molar-refractivity contribution < 1.29 is 27.5 Å². The fourth-order valence-electron chi connectivity index (χ4n) is 3.57. The van der Waals surface area contributed by atoms with E-state index in [-0.39, 0.29) is 13.2 Å². The van der Waals surface area contributed by atoms with Crippen LogP contribution in [0.15, 0.2) is 48.5 Å². The molecule has 0 spiro atoms. The molecule has 2 aliphatic rings. The van der Waals surface area contributed by atoms with Crippen molar-refractivity contribution in [1.82, 2.24) is 4.90 Å². The first kappa shape index (κ1) is 16.8. The molecule has 2 aliphatic heterocycles. The van der Waals surface area contributed by atoms with E-state index in [2.05, 4.69) is 0 Å². The second-order valence-corrected chi connectivity index (χ2v) is 6.36. The van der Waals surface area contributed by atoms with Crippen molar-refractivity contribution in [2.75, 3.05) is 13.2 Å². The topological polar surface area (TPSA) is 46.6 Å². The number of nitrogens with zero attached hydrogens (tertiary/aromatic N) is 1. The van der Waals surface area contributed by atoms with Crippen LogP contribution in [0.25, 0.3) is 0 Å². The van der Waals surface area contributed by atoms with E-state index in [4.69, 9.17) is 4.74 Å². The highest BCUT2D eigenvalue weighted by Gasteiger charge is 2.45. The Morgan fingerprint density at radius 3 is 2.19 bits per heavy atom. The van der Waals surface area contributed by atoms with Crippen molar-refractivity contribution in [2.24, 2.45) is 0 Å². The van der Waals surface area contributed by atoms with Crippen LogP contribution >= 0.6 is 0 Å². The van der Waals surface area contributed by atoms with E-state index in [1.165, 1.54) is 6.07 Å². The number of hydrogen-bond donors (Lipinski definition) is 0. The van der Waals surface area contributed by atoms with Gasteiger partial charge in [-0.2, -0.15) is 13.2 Å². The Balaban J connectivity index is 1.69. The molecule has 0 unspecified atom stereocenters. The largest absolute Gasteiger partial charge is 0.416 e. The van der Waals surface area contributed by atoms with Gasteiger partial charge in [0.25, 0.3) is 11.8 Å². The number of halogens is 3. The average Bonchev–Trinajstić information content (AvgIpc) is 3.18. The lowest BCUT2D eigenvalue weighted by Gasteiger charge is -2.26. The minimum atomic E-state index is -4.46. The van der Waals surface area contributed by atoms with Gasteiger partial charge in [-0.05, 0) is 23.8 Å². The van der Waals surface area contributed by atoms with Gasteiger partial charge in [-0.3, -0.25) is 14.5 Å². The molecule has 2 amide bonds. The zero-order valence-electron chi connectivity index (χ0n) is 13.5. The van der Waals surface area contributed by atoms with Gasteiger partial charge in [-0.1, -0.05) is 30.3 Å². The first-order valence-corrected chi connectivity index (χ1v) is 8.10. The van der Waals surface area contributed by atoms with E-state index in [1.807, 2.05) is 0 Å². The van der Waals surface area contributed by atoms with Crippen LogP contribution in [0.5, 0.6) is 0 Å². The first-order valence-electron chi connectivity index (χ1n) is 8.10. The monoisotopic (exact) mass is 361 g/mol. The van der Waals surface area contributed by atoms with Gasteiger partial charge in [0.2, 0.25) is 0 Å². The molecule has 7 heteroatoms. The smallest absolute Gasteiger partial charge is 0.379 e. The molecular weight excluding hydrogens is 347 g/mol. The summed E-state index contributed by atoms with van der Waals surface area (Å²) >= 11 is 0. The molecule has 2 aromatic rings. The zero-order chi connectivity index (χ0) is 18.5. The van der Waals surface area contributed by atoms with Gasteiger partial charge in [-0.25, -0.2) is 0 Å². The van der Waals surface area contributed by atoms with Crippen LogP contribution in [0, 0.1) is 0 Å². The molecule has 0 aromatic heterocycles. The standard InChI is InChI=1S/C19H14F3NO3/c20-19(21,22)12-5-3-4-11(8-12)15-9-26-10-16(15)23-17(24)13-6-1-2-7-14(13)18(23)25/h1-8,15-16H,9-10H2/t15-,16+/m0/s1. The number of fused-ring (bicyclic) bond motifs is 1. The summed E-state index contributed by atoms with van der Waals surface area (Å²) in [7, 11) is 0. The van der Waals surface area contributed by atoms with Crippen LogP contribution in [-0.2, 0) is 10.9 Å². The lowest BCUT2D eigenvalue weighted by Crippen LogP contribution is -2.43. The van der Waals surface area contributed by atoms with E-state index in [1.54, 1.807) is 30.3 Å². The van der Waals surface area contributed by atoms with Gasteiger partial charge in [-0.15, -0.1) is 0 Å². The molecule has 2 heterocycles. The molecule has 0 bridgehead atoms. The Hall–Kier alpha value is -2.67. The number of imide groups is 1. The van der Waals surface area contributed by atoms with Gasteiger partial charge < -0.3 is 4.74 Å². The Morgan fingerprint density at radius 1 is 0.923 bits per heavy atom. The third-order valence-electron chi connectivity index (χ3n) is 4.85. The average molecular weight is 361 g/mol. The highest BCUT2D eigenvalue weighted by Crippen LogP contribution is 2.37. The van der Waals surface area contributed by atoms with Crippen molar-refractivity contribution in [3.8, 4) is 0 Å². The maximum absolute atomic E-state index is 13.0. The molecule has 0 N–H and O–H groups in total. The van der Waals surface area contributed by atoms with Crippen LogP contribution in [0.1, 0.15) is 37.8 Å². The van der Waals surface area contributed by atoms with Crippen LogP contribution in [-0.4, -0.2) is 36.0 Å². The summed E-state index contributed by atoms with van der Waals surface area (Å²) in [6.45, 7) is 0.256. The summed E-state index contributed by atoms with van der Waals surface area (Å²) in [6, 6.07) is 10.8. The molecule has 0 radical (unpaired) electrons. The molecule has 0 saturated carbocycles. The van der Waals surface area contributed by atoms with Crippen molar-refractivity contribution >= 4 is 11.8 Å². The number of ether oxygens (including phenoxy) is 1. The number of benzene rings is 2. The SMILES string of the molecule is O=C1c2ccccc2C(=O)N1[C@@H]1COC[C@H]1c1cccc(C(F)(F)F)c1. The highest BCUT2D eigenvalue weighted by molar-refractivity contribution is 6.21. The molecule has 2 atom stereocenters. The predicted molar refractivity (Wildman–Crippen MR) is 85.7 cm³/mol. The summed E-state index contributed by atoms with van der Waals surface area (Å²) in [5.41, 5.74) is 0.265. The van der Waals surface area contributed by atoms with Crippen molar-refractivity contribution in [2.45, 2.75) is 18.1 Å². The van der Waals surface area contributed by atoms with E-state index < -0.39 is 35.5 Å². The fourth-order valence-corrected chi connectivity index (χ4v) is 3.57. The molecule has 1 fully saturated rings. The molecule has 134 valence electrons. The predicted octanol–water partition coefficient (Wildman–Crippen LogP) is 3.48. The van der Waals surface area contributed by atoms with Gasteiger partial charge in [0.15, 0.2) is 0 Å². The normalized spacial score (nSPS) is 22.8. The molecule has 1 saturated heterocycles. The maximum atomic E-state index is 13.0. The van der Waals surface area contributed by atoms with Gasteiger partial charge in [0.1, 0.15) is 0 Å². The number of alkyl halides is 3. The van der Waals surface area contributed by atoms with Crippen LogP contribution in [0.3, 0.4) is 0 Å². The van der Waals surface area contributed by atoms with Gasteiger partial charge in [0, 0.05) is 5.92 Å². The van der Waals surface area contributed by atoms with Crippen LogP contribution in [0.4, 0.5) is 13.2 Å². The van der Waals surface area contributed by atoms with Crippen molar-refractivity contribution in [1.29, 1.82) is 0 Å². The van der Waals surface area contributed by atoms with Gasteiger partial charge in [0.05, 0.1) is 35.9 Å². The van der Waals surface area contributed by atoms with E-state index in [0.29, 0.717) is 16.7 Å². The van der Waals surface area contributed by atoms with Crippen molar-refractivity contribution in [3.05, 3.63) is 70.8 Å². The van der Waals surface area contributed by atoms with Crippen molar-refractivity contribution in [3.63, 3.8) is 0 Å². The van der Waals surface area contributed by atoms with E-state index >= 15 is 0 Å². The summed E-state index contributed by atoms with van der Waals surface area (Å²) in [6.07, 6.45) is -4.46. The van der Waals surface area contributed by atoms with Gasteiger partial charge >= 0.3 is 6.18 Å².